The summed E-state index contributed by atoms with van der Waals surface area (Å²) in [7, 11) is 2.06. The fraction of sp³-hybridized carbons (Fsp3) is 0.167. The Morgan fingerprint density at radius 3 is 2.45 bits per heavy atom. The lowest BCUT2D eigenvalue weighted by Crippen LogP contribution is -2.32. The molecule has 2 aromatic heterocycles. The number of amides is 1. The van der Waals surface area contributed by atoms with Gasteiger partial charge in [0.2, 0.25) is 5.91 Å². The van der Waals surface area contributed by atoms with Gasteiger partial charge in [0.25, 0.3) is 0 Å². The van der Waals surface area contributed by atoms with Crippen LogP contribution in [0.1, 0.15) is 11.3 Å². The van der Waals surface area contributed by atoms with Crippen LogP contribution in [0, 0.1) is 0 Å². The van der Waals surface area contributed by atoms with Crippen molar-refractivity contribution < 1.29 is 4.79 Å². The fourth-order valence-electron chi connectivity index (χ4n) is 3.40. The Labute approximate surface area is 175 Å². The number of carbonyl (C=O) groups excluding carboxylic acids is 1. The summed E-state index contributed by atoms with van der Waals surface area (Å²) in [6.45, 7) is 1.17. The van der Waals surface area contributed by atoms with Crippen molar-refractivity contribution in [2.24, 2.45) is 7.05 Å². The number of carbonyl (C=O) groups is 1. The molecule has 0 aliphatic rings. The number of pyridine rings is 1. The average molecular weight is 402 g/mol. The maximum atomic E-state index is 13.1. The molecule has 0 aliphatic heterocycles. The highest BCUT2D eigenvalue weighted by Gasteiger charge is 2.17. The molecule has 0 saturated heterocycles. The van der Waals surface area contributed by atoms with E-state index in [1.54, 1.807) is 24.2 Å². The number of aryl methyl sites for hydroxylation is 1. The second-order valence-corrected chi connectivity index (χ2v) is 8.01. The Morgan fingerprint density at radius 2 is 1.69 bits per heavy atom. The summed E-state index contributed by atoms with van der Waals surface area (Å²) in [5.74, 6) is 0.529. The second-order valence-electron chi connectivity index (χ2n) is 6.96. The summed E-state index contributed by atoms with van der Waals surface area (Å²) < 4.78 is 2.18. The van der Waals surface area contributed by atoms with Gasteiger partial charge in [0, 0.05) is 42.1 Å². The van der Waals surface area contributed by atoms with Crippen LogP contribution in [0.3, 0.4) is 0 Å². The van der Waals surface area contributed by atoms with Gasteiger partial charge in [-0.1, -0.05) is 48.5 Å². The predicted octanol–water partition coefficient (Wildman–Crippen LogP) is 4.89. The first-order valence-electron chi connectivity index (χ1n) is 9.58. The monoisotopic (exact) mass is 401 g/mol. The lowest BCUT2D eigenvalue weighted by Gasteiger charge is -2.23. The van der Waals surface area contributed by atoms with Crippen LogP contribution < -0.4 is 0 Å². The molecule has 0 aliphatic carbocycles. The third-order valence-electron chi connectivity index (χ3n) is 4.98. The van der Waals surface area contributed by atoms with Crippen molar-refractivity contribution in [2.45, 2.75) is 18.0 Å². The van der Waals surface area contributed by atoms with E-state index in [0.717, 1.165) is 16.2 Å². The molecule has 0 atom stereocenters. The molecule has 0 unspecified atom stereocenters. The van der Waals surface area contributed by atoms with Gasteiger partial charge in [-0.25, -0.2) is 0 Å². The van der Waals surface area contributed by atoms with Gasteiger partial charge in [-0.05, 0) is 35.2 Å². The molecule has 0 N–H and O–H groups in total. The van der Waals surface area contributed by atoms with Crippen molar-refractivity contribution in [1.82, 2.24) is 14.5 Å². The summed E-state index contributed by atoms with van der Waals surface area (Å²) in [5.41, 5.74) is 3.44. The Kier molecular flexibility index (Phi) is 5.96. The van der Waals surface area contributed by atoms with E-state index >= 15 is 0 Å². The quantitative estimate of drug-likeness (QED) is 0.414. The van der Waals surface area contributed by atoms with Crippen LogP contribution in [0.2, 0.25) is 0 Å². The van der Waals surface area contributed by atoms with E-state index in [-0.39, 0.29) is 5.91 Å². The van der Waals surface area contributed by atoms with E-state index in [2.05, 4.69) is 46.9 Å². The summed E-state index contributed by atoms with van der Waals surface area (Å²) in [5, 5.41) is 1.20. The molecule has 4 nitrogen and oxygen atoms in total. The first kappa shape index (κ1) is 19.3. The number of benzene rings is 2. The molecule has 1 amide bonds. The molecule has 0 saturated carbocycles. The smallest absolute Gasteiger partial charge is 0.233 e. The van der Waals surface area contributed by atoms with Crippen molar-refractivity contribution in [2.75, 3.05) is 5.75 Å². The summed E-state index contributed by atoms with van der Waals surface area (Å²) in [6.07, 6.45) is 3.51. The minimum Gasteiger partial charge on any atom is -0.346 e. The van der Waals surface area contributed by atoms with E-state index < -0.39 is 0 Å². The van der Waals surface area contributed by atoms with Crippen molar-refractivity contribution in [1.29, 1.82) is 0 Å². The maximum absolute atomic E-state index is 13.1. The van der Waals surface area contributed by atoms with Crippen molar-refractivity contribution >= 4 is 28.6 Å². The summed E-state index contributed by atoms with van der Waals surface area (Å²) >= 11 is 1.55. The highest BCUT2D eigenvalue weighted by Crippen LogP contribution is 2.22. The number of thioether (sulfide) groups is 1. The third-order valence-corrected chi connectivity index (χ3v) is 5.98. The van der Waals surface area contributed by atoms with Crippen molar-refractivity contribution in [3.05, 3.63) is 96.4 Å². The maximum Gasteiger partial charge on any atom is 0.233 e. The number of nitrogens with zero attached hydrogens (tertiary/aromatic N) is 3. The Balaban J connectivity index is 1.55. The van der Waals surface area contributed by atoms with Crippen LogP contribution >= 0.6 is 11.8 Å². The Hall–Kier alpha value is -3.05. The van der Waals surface area contributed by atoms with Crippen LogP contribution in [0.15, 0.2) is 90.1 Å². The van der Waals surface area contributed by atoms with Crippen LogP contribution in [-0.4, -0.2) is 26.1 Å². The zero-order valence-electron chi connectivity index (χ0n) is 16.4. The molecule has 0 bridgehead atoms. The van der Waals surface area contributed by atoms with Crippen LogP contribution in [0.25, 0.3) is 10.9 Å². The molecule has 146 valence electrons. The predicted molar refractivity (Wildman–Crippen MR) is 119 cm³/mol. The van der Waals surface area contributed by atoms with E-state index in [0.29, 0.717) is 18.8 Å². The molecular formula is C24H23N3OS. The van der Waals surface area contributed by atoms with Crippen LogP contribution in [0.5, 0.6) is 0 Å². The molecule has 4 rings (SSSR count). The van der Waals surface area contributed by atoms with Gasteiger partial charge in [0.1, 0.15) is 0 Å². The van der Waals surface area contributed by atoms with Crippen molar-refractivity contribution in [3.8, 4) is 0 Å². The number of hydrogen-bond acceptors (Lipinski definition) is 3. The minimum atomic E-state index is 0.126. The van der Waals surface area contributed by atoms with Gasteiger partial charge < -0.3 is 9.47 Å². The number of rotatable bonds is 7. The molecule has 0 spiro atoms. The molecule has 0 radical (unpaired) electrons. The number of hydrogen-bond donors (Lipinski definition) is 0. The van der Waals surface area contributed by atoms with E-state index in [9.17, 15) is 4.79 Å². The lowest BCUT2D eigenvalue weighted by molar-refractivity contribution is -0.129. The standard InChI is InChI=1S/C24H23N3OS/c1-26-21(15-20-9-5-6-10-23(20)26)17-27(16-19-7-3-2-4-8-19)24(28)18-29-22-11-13-25-14-12-22/h2-15H,16-18H2,1H3. The largest absolute Gasteiger partial charge is 0.346 e. The first-order valence-corrected chi connectivity index (χ1v) is 10.6. The molecular weight excluding hydrogens is 378 g/mol. The third kappa shape index (κ3) is 4.69. The van der Waals surface area contributed by atoms with Crippen LogP contribution in [0.4, 0.5) is 0 Å². The van der Waals surface area contributed by atoms with E-state index in [1.165, 1.54) is 10.9 Å². The molecule has 0 fully saturated rings. The van der Waals surface area contributed by atoms with E-state index in [1.807, 2.05) is 47.4 Å². The highest BCUT2D eigenvalue weighted by atomic mass is 32.2. The van der Waals surface area contributed by atoms with Gasteiger partial charge in [-0.15, -0.1) is 11.8 Å². The molecule has 2 heterocycles. The number of aromatic nitrogens is 2. The van der Waals surface area contributed by atoms with Gasteiger partial charge in [0.15, 0.2) is 0 Å². The van der Waals surface area contributed by atoms with Crippen molar-refractivity contribution in [3.63, 3.8) is 0 Å². The van der Waals surface area contributed by atoms with Gasteiger partial charge in [0.05, 0.1) is 12.3 Å². The highest BCUT2D eigenvalue weighted by molar-refractivity contribution is 8.00. The minimum absolute atomic E-state index is 0.126. The zero-order valence-corrected chi connectivity index (χ0v) is 17.2. The fourth-order valence-corrected chi connectivity index (χ4v) is 4.19. The lowest BCUT2D eigenvalue weighted by atomic mass is 10.2. The molecule has 4 aromatic rings. The van der Waals surface area contributed by atoms with E-state index in [4.69, 9.17) is 0 Å². The Morgan fingerprint density at radius 1 is 0.966 bits per heavy atom. The molecule has 2 aromatic carbocycles. The topological polar surface area (TPSA) is 38.1 Å². The molecule has 5 heteroatoms. The second kappa shape index (κ2) is 8.97. The van der Waals surface area contributed by atoms with Gasteiger partial charge in [-0.2, -0.15) is 0 Å². The first-order chi connectivity index (χ1) is 14.2. The number of fused-ring (bicyclic) bond motifs is 1. The summed E-state index contributed by atoms with van der Waals surface area (Å²) in [6, 6.07) is 24.5. The molecule has 29 heavy (non-hydrogen) atoms. The van der Waals surface area contributed by atoms with Crippen LogP contribution in [-0.2, 0) is 24.9 Å². The van der Waals surface area contributed by atoms with Gasteiger partial charge in [-0.3, -0.25) is 9.78 Å². The summed E-state index contributed by atoms with van der Waals surface area (Å²) in [4.78, 5) is 20.2. The SMILES string of the molecule is Cn1c(CN(Cc2ccccc2)C(=O)CSc2ccncc2)cc2ccccc21. The normalized spacial score (nSPS) is 10.9. The number of para-hydroxylation sites is 1. The zero-order chi connectivity index (χ0) is 20.1. The average Bonchev–Trinajstić information content (AvgIpc) is 3.08. The Bertz CT molecular complexity index is 1090. The van der Waals surface area contributed by atoms with Gasteiger partial charge >= 0.3 is 0 Å².